The molecule has 31 heavy (non-hydrogen) atoms. The summed E-state index contributed by atoms with van der Waals surface area (Å²) in [6.07, 6.45) is 9.00. The number of rotatable bonds is 3. The van der Waals surface area contributed by atoms with Crippen LogP contribution in [0.5, 0.6) is 0 Å². The molecule has 0 atom stereocenters. The van der Waals surface area contributed by atoms with Gasteiger partial charge in [-0.05, 0) is 49.8 Å². The molecule has 0 unspecified atom stereocenters. The molecule has 1 saturated carbocycles. The Morgan fingerprint density at radius 3 is 2.84 bits per heavy atom. The Kier molecular flexibility index (Phi) is 4.34. The summed E-state index contributed by atoms with van der Waals surface area (Å²) in [4.78, 5) is 26.7. The first-order valence-electron chi connectivity index (χ1n) is 11.2. The predicted octanol–water partition coefficient (Wildman–Crippen LogP) is 2.92. The number of nitrogens with one attached hydrogen (secondary N) is 2. The average molecular weight is 418 g/mol. The van der Waals surface area contributed by atoms with Crippen LogP contribution in [0.3, 0.4) is 0 Å². The molecule has 0 spiro atoms. The number of fused-ring (bicyclic) bond motifs is 2. The van der Waals surface area contributed by atoms with Crippen LogP contribution in [0.2, 0.25) is 0 Å². The van der Waals surface area contributed by atoms with Crippen LogP contribution in [-0.4, -0.2) is 53.1 Å². The Morgan fingerprint density at radius 2 is 2.03 bits per heavy atom. The molecule has 0 aromatic carbocycles. The quantitative estimate of drug-likeness (QED) is 0.685. The van der Waals surface area contributed by atoms with Gasteiger partial charge in [0.25, 0.3) is 0 Å². The van der Waals surface area contributed by atoms with Gasteiger partial charge in [-0.25, -0.2) is 14.8 Å². The number of piperazine rings is 1. The molecular weight excluding hydrogens is 390 g/mol. The second-order valence-electron chi connectivity index (χ2n) is 8.77. The van der Waals surface area contributed by atoms with Crippen LogP contribution in [0.15, 0.2) is 30.7 Å². The van der Waals surface area contributed by atoms with Crippen LogP contribution >= 0.6 is 0 Å². The highest BCUT2D eigenvalue weighted by molar-refractivity contribution is 6.03. The maximum atomic E-state index is 13.3. The Bertz CT molecular complexity index is 1160. The second-order valence-corrected chi connectivity index (χ2v) is 8.77. The minimum atomic E-state index is -0.109. The summed E-state index contributed by atoms with van der Waals surface area (Å²) >= 11 is 0. The standard InChI is InChI=1S/C23H27N7O/c1-15-13-29-14-19(18(16-2-3-16)12-21(29)26-15)27-23(31)30-9-5-17-20(4-6-25-22(17)30)28-10-7-24-8-11-28/h4,6,12-14,16,24H,2-3,5,7-11H2,1H3,(H,27,31). The molecule has 2 N–H and O–H groups in total. The number of aryl methyl sites for hydroxylation is 1. The molecule has 160 valence electrons. The smallest absolute Gasteiger partial charge is 0.327 e. The zero-order valence-corrected chi connectivity index (χ0v) is 17.8. The molecule has 0 bridgehead atoms. The molecule has 2 aliphatic heterocycles. The second kappa shape index (κ2) is 7.23. The summed E-state index contributed by atoms with van der Waals surface area (Å²) in [5.41, 5.74) is 6.38. The van der Waals surface area contributed by atoms with E-state index in [2.05, 4.69) is 37.6 Å². The van der Waals surface area contributed by atoms with Gasteiger partial charge < -0.3 is 19.9 Å². The largest absolute Gasteiger partial charge is 0.369 e. The lowest BCUT2D eigenvalue weighted by Gasteiger charge is -2.31. The predicted molar refractivity (Wildman–Crippen MR) is 121 cm³/mol. The molecule has 5 heterocycles. The van der Waals surface area contributed by atoms with Crippen molar-refractivity contribution in [1.82, 2.24) is 19.7 Å². The van der Waals surface area contributed by atoms with Crippen molar-refractivity contribution in [2.45, 2.75) is 32.1 Å². The third-order valence-corrected chi connectivity index (χ3v) is 6.56. The molecule has 8 heteroatoms. The SMILES string of the molecule is Cc1cn2cc(NC(=O)N3CCc4c(N5CCNCC5)ccnc43)c(C3CC3)cc2n1. The lowest BCUT2D eigenvalue weighted by Crippen LogP contribution is -2.43. The van der Waals surface area contributed by atoms with E-state index in [9.17, 15) is 4.79 Å². The lowest BCUT2D eigenvalue weighted by molar-refractivity contribution is 0.257. The van der Waals surface area contributed by atoms with E-state index in [4.69, 9.17) is 0 Å². The first-order valence-corrected chi connectivity index (χ1v) is 11.2. The number of hydrogen-bond acceptors (Lipinski definition) is 5. The highest BCUT2D eigenvalue weighted by Crippen LogP contribution is 2.44. The maximum Gasteiger partial charge on any atom is 0.327 e. The summed E-state index contributed by atoms with van der Waals surface area (Å²) in [6.45, 7) is 6.59. The first kappa shape index (κ1) is 18.6. The van der Waals surface area contributed by atoms with Gasteiger partial charge in [0.05, 0.1) is 11.4 Å². The molecule has 8 nitrogen and oxygen atoms in total. The number of anilines is 3. The average Bonchev–Trinajstić information content (AvgIpc) is 3.42. The number of hydrogen-bond donors (Lipinski definition) is 2. The van der Waals surface area contributed by atoms with E-state index in [1.807, 2.05) is 29.9 Å². The van der Waals surface area contributed by atoms with E-state index in [0.717, 1.165) is 55.4 Å². The molecule has 2 fully saturated rings. The van der Waals surface area contributed by atoms with Crippen LogP contribution in [0, 0.1) is 6.92 Å². The van der Waals surface area contributed by atoms with Crippen molar-refractivity contribution < 1.29 is 4.79 Å². The molecule has 3 aromatic rings. The van der Waals surface area contributed by atoms with Crippen LogP contribution in [0.4, 0.5) is 22.0 Å². The minimum absolute atomic E-state index is 0.109. The zero-order chi connectivity index (χ0) is 20.9. The van der Waals surface area contributed by atoms with Gasteiger partial charge in [-0.3, -0.25) is 4.90 Å². The van der Waals surface area contributed by atoms with Crippen LogP contribution in [-0.2, 0) is 6.42 Å². The van der Waals surface area contributed by atoms with Crippen LogP contribution in [0.25, 0.3) is 5.65 Å². The van der Waals surface area contributed by atoms with E-state index in [0.29, 0.717) is 12.5 Å². The van der Waals surface area contributed by atoms with Gasteiger partial charge in [-0.15, -0.1) is 0 Å². The molecule has 1 saturated heterocycles. The van der Waals surface area contributed by atoms with E-state index in [1.165, 1.54) is 29.7 Å². The summed E-state index contributed by atoms with van der Waals surface area (Å²) in [6, 6.07) is 4.10. The Balaban J connectivity index is 1.29. The number of carbonyl (C=O) groups excluding carboxylic acids is 1. The molecule has 3 aromatic heterocycles. The van der Waals surface area contributed by atoms with Crippen molar-refractivity contribution in [3.63, 3.8) is 0 Å². The number of urea groups is 1. The summed E-state index contributed by atoms with van der Waals surface area (Å²) in [7, 11) is 0. The third-order valence-electron chi connectivity index (χ3n) is 6.56. The Morgan fingerprint density at radius 1 is 1.19 bits per heavy atom. The summed E-state index contributed by atoms with van der Waals surface area (Å²) in [5, 5.41) is 6.59. The number of carbonyl (C=O) groups is 1. The van der Waals surface area contributed by atoms with Crippen molar-refractivity contribution in [3.05, 3.63) is 47.5 Å². The lowest BCUT2D eigenvalue weighted by atomic mass is 10.1. The van der Waals surface area contributed by atoms with Gasteiger partial charge in [-0.2, -0.15) is 0 Å². The Hall–Kier alpha value is -3.13. The first-order chi connectivity index (χ1) is 15.2. The van der Waals surface area contributed by atoms with Crippen molar-refractivity contribution in [1.29, 1.82) is 0 Å². The van der Waals surface area contributed by atoms with Gasteiger partial charge in [0.1, 0.15) is 11.5 Å². The normalized spacial score (nSPS) is 18.5. The molecular formula is C23H27N7O. The van der Waals surface area contributed by atoms with E-state index in [-0.39, 0.29) is 6.03 Å². The van der Waals surface area contributed by atoms with Gasteiger partial charge in [0, 0.05) is 62.6 Å². The fraction of sp³-hybridized carbons (Fsp3) is 0.435. The highest BCUT2D eigenvalue weighted by Gasteiger charge is 2.32. The van der Waals surface area contributed by atoms with E-state index < -0.39 is 0 Å². The number of nitrogens with zero attached hydrogens (tertiary/aromatic N) is 5. The number of aromatic nitrogens is 3. The van der Waals surface area contributed by atoms with Gasteiger partial charge >= 0.3 is 6.03 Å². The van der Waals surface area contributed by atoms with Crippen molar-refractivity contribution in [3.8, 4) is 0 Å². The van der Waals surface area contributed by atoms with E-state index in [1.54, 1.807) is 4.90 Å². The minimum Gasteiger partial charge on any atom is -0.369 e. The fourth-order valence-corrected chi connectivity index (χ4v) is 4.87. The number of pyridine rings is 2. The van der Waals surface area contributed by atoms with Crippen molar-refractivity contribution >= 4 is 28.9 Å². The molecule has 2 amide bonds. The van der Waals surface area contributed by atoms with Gasteiger partial charge in [0.2, 0.25) is 0 Å². The topological polar surface area (TPSA) is 77.8 Å². The third kappa shape index (κ3) is 3.31. The fourth-order valence-electron chi connectivity index (χ4n) is 4.87. The molecule has 1 aliphatic carbocycles. The summed E-state index contributed by atoms with van der Waals surface area (Å²) < 4.78 is 2.00. The highest BCUT2D eigenvalue weighted by atomic mass is 16.2. The maximum absolute atomic E-state index is 13.3. The van der Waals surface area contributed by atoms with Gasteiger partial charge in [-0.1, -0.05) is 0 Å². The molecule has 6 rings (SSSR count). The van der Waals surface area contributed by atoms with Crippen LogP contribution < -0.4 is 20.4 Å². The molecule has 0 radical (unpaired) electrons. The molecule has 3 aliphatic rings. The van der Waals surface area contributed by atoms with Crippen molar-refractivity contribution in [2.75, 3.05) is 47.8 Å². The zero-order valence-electron chi connectivity index (χ0n) is 17.8. The monoisotopic (exact) mass is 417 g/mol. The van der Waals surface area contributed by atoms with Crippen LogP contribution in [0.1, 0.15) is 35.6 Å². The van der Waals surface area contributed by atoms with E-state index >= 15 is 0 Å². The van der Waals surface area contributed by atoms with Gasteiger partial charge in [0.15, 0.2) is 0 Å². The van der Waals surface area contributed by atoms with Crippen molar-refractivity contribution in [2.24, 2.45) is 0 Å². The summed E-state index contributed by atoms with van der Waals surface area (Å²) in [5.74, 6) is 1.31. The number of imidazole rings is 1. The Labute approximate surface area is 181 Å². The number of amides is 2.